The highest BCUT2D eigenvalue weighted by Crippen LogP contribution is 2.19. The third-order valence-electron chi connectivity index (χ3n) is 3.65. The predicted molar refractivity (Wildman–Crippen MR) is 84.7 cm³/mol. The largest absolute Gasteiger partial charge is 0.409 e. The molecule has 2 aromatic carbocycles. The Hall–Kier alpha value is -2.75. The fraction of sp³-hybridized carbons (Fsp3) is 0.118. The number of oxime groups is 1. The minimum Gasteiger partial charge on any atom is -0.409 e. The van der Waals surface area contributed by atoms with Crippen molar-refractivity contribution in [2.45, 2.75) is 13.5 Å². The number of rotatable bonds is 3. The molecule has 0 atom stereocenters. The van der Waals surface area contributed by atoms with Gasteiger partial charge in [-0.05, 0) is 36.8 Å². The van der Waals surface area contributed by atoms with E-state index in [0.717, 1.165) is 23.0 Å². The Kier molecular flexibility index (Phi) is 3.36. The lowest BCUT2D eigenvalue weighted by atomic mass is 10.1. The molecule has 0 amide bonds. The molecule has 1 aromatic heterocycles. The van der Waals surface area contributed by atoms with Gasteiger partial charge in [0, 0.05) is 29.2 Å². The van der Waals surface area contributed by atoms with Crippen LogP contribution in [-0.4, -0.2) is 15.6 Å². The van der Waals surface area contributed by atoms with Gasteiger partial charge in [-0.2, -0.15) is 0 Å². The zero-order chi connectivity index (χ0) is 14.8. The van der Waals surface area contributed by atoms with E-state index >= 15 is 0 Å². The maximum Gasteiger partial charge on any atom is 0.170 e. The number of nitrogens with zero attached hydrogens (tertiary/aromatic N) is 2. The quantitative estimate of drug-likeness (QED) is 0.335. The van der Waals surface area contributed by atoms with E-state index in [1.54, 1.807) is 0 Å². The van der Waals surface area contributed by atoms with Crippen molar-refractivity contribution in [3.8, 4) is 0 Å². The first-order valence-electron chi connectivity index (χ1n) is 6.80. The monoisotopic (exact) mass is 279 g/mol. The molecule has 0 aliphatic carbocycles. The van der Waals surface area contributed by atoms with E-state index < -0.39 is 0 Å². The Morgan fingerprint density at radius 1 is 1.14 bits per heavy atom. The summed E-state index contributed by atoms with van der Waals surface area (Å²) < 4.78 is 2.19. The Morgan fingerprint density at radius 3 is 2.62 bits per heavy atom. The van der Waals surface area contributed by atoms with Crippen LogP contribution in [0.4, 0.5) is 0 Å². The lowest BCUT2D eigenvalue weighted by Crippen LogP contribution is -2.12. The van der Waals surface area contributed by atoms with Gasteiger partial charge >= 0.3 is 0 Å². The van der Waals surface area contributed by atoms with Crippen LogP contribution >= 0.6 is 0 Å². The summed E-state index contributed by atoms with van der Waals surface area (Å²) in [6, 6.07) is 16.4. The summed E-state index contributed by atoms with van der Waals surface area (Å²) in [5, 5.41) is 12.9. The van der Waals surface area contributed by atoms with Crippen molar-refractivity contribution in [3.63, 3.8) is 0 Å². The van der Waals surface area contributed by atoms with Gasteiger partial charge in [0.25, 0.3) is 0 Å². The number of hydrogen-bond acceptors (Lipinski definition) is 2. The zero-order valence-electron chi connectivity index (χ0n) is 11.8. The van der Waals surface area contributed by atoms with Crippen LogP contribution in [0, 0.1) is 6.92 Å². The van der Waals surface area contributed by atoms with Crippen LogP contribution < -0.4 is 5.73 Å². The van der Waals surface area contributed by atoms with Gasteiger partial charge in [-0.15, -0.1) is 0 Å². The number of aromatic nitrogens is 1. The third-order valence-corrected chi connectivity index (χ3v) is 3.65. The highest BCUT2D eigenvalue weighted by Gasteiger charge is 2.05. The van der Waals surface area contributed by atoms with Gasteiger partial charge in [-0.25, -0.2) is 0 Å². The molecule has 4 nitrogen and oxygen atoms in total. The maximum atomic E-state index is 8.74. The molecule has 21 heavy (non-hydrogen) atoms. The minimum atomic E-state index is 0.128. The Balaban J connectivity index is 1.95. The first kappa shape index (κ1) is 13.2. The molecule has 0 aliphatic rings. The molecule has 0 aliphatic heterocycles. The van der Waals surface area contributed by atoms with E-state index in [0.29, 0.717) is 0 Å². The van der Waals surface area contributed by atoms with Crippen LogP contribution in [0.15, 0.2) is 59.9 Å². The number of fused-ring (bicyclic) bond motifs is 1. The van der Waals surface area contributed by atoms with Gasteiger partial charge < -0.3 is 15.5 Å². The number of nitrogens with two attached hydrogens (primary N) is 1. The average molecular weight is 279 g/mol. The lowest BCUT2D eigenvalue weighted by Gasteiger charge is -2.07. The molecule has 0 saturated heterocycles. The Labute approximate surface area is 123 Å². The van der Waals surface area contributed by atoms with Crippen LogP contribution in [0.3, 0.4) is 0 Å². The van der Waals surface area contributed by atoms with Crippen molar-refractivity contribution < 1.29 is 5.21 Å². The van der Waals surface area contributed by atoms with Crippen LogP contribution in [-0.2, 0) is 6.54 Å². The second kappa shape index (κ2) is 5.32. The summed E-state index contributed by atoms with van der Waals surface area (Å²) in [6.45, 7) is 2.91. The highest BCUT2D eigenvalue weighted by atomic mass is 16.4. The fourth-order valence-corrected chi connectivity index (χ4v) is 2.45. The fourth-order valence-electron chi connectivity index (χ4n) is 2.45. The predicted octanol–water partition coefficient (Wildman–Crippen LogP) is 3.09. The van der Waals surface area contributed by atoms with E-state index in [2.05, 4.69) is 47.1 Å². The molecule has 1 heterocycles. The number of benzene rings is 2. The summed E-state index contributed by atoms with van der Waals surface area (Å²) in [5.41, 5.74) is 10.00. The highest BCUT2D eigenvalue weighted by molar-refractivity contribution is 6.00. The summed E-state index contributed by atoms with van der Waals surface area (Å²) in [6.07, 6.45) is 2.06. The Morgan fingerprint density at radius 2 is 1.90 bits per heavy atom. The maximum absolute atomic E-state index is 8.74. The Bertz CT molecular complexity index is 801. The first-order valence-corrected chi connectivity index (χ1v) is 6.80. The number of amidine groups is 1. The van der Waals surface area contributed by atoms with Gasteiger partial charge in [0.05, 0.1) is 0 Å². The average Bonchev–Trinajstić information content (AvgIpc) is 2.91. The van der Waals surface area contributed by atoms with Crippen molar-refractivity contribution in [2.24, 2.45) is 10.9 Å². The second-order valence-electron chi connectivity index (χ2n) is 5.19. The van der Waals surface area contributed by atoms with E-state index in [-0.39, 0.29) is 5.84 Å². The van der Waals surface area contributed by atoms with Crippen LogP contribution in [0.1, 0.15) is 16.7 Å². The molecular weight excluding hydrogens is 262 g/mol. The molecule has 4 heteroatoms. The summed E-state index contributed by atoms with van der Waals surface area (Å²) in [4.78, 5) is 0. The molecule has 3 rings (SSSR count). The van der Waals surface area contributed by atoms with Gasteiger partial charge in [-0.1, -0.05) is 35.0 Å². The van der Waals surface area contributed by atoms with Gasteiger partial charge in [0.1, 0.15) is 0 Å². The summed E-state index contributed by atoms with van der Waals surface area (Å²) in [7, 11) is 0. The standard InChI is InChI=1S/C17H17N3O/c1-12-2-4-13(5-3-12)11-20-9-8-14-10-15(17(18)19-21)6-7-16(14)20/h2-10,21H,11H2,1H3,(H2,18,19). The zero-order valence-corrected chi connectivity index (χ0v) is 11.8. The topological polar surface area (TPSA) is 63.5 Å². The van der Waals surface area contributed by atoms with E-state index in [4.69, 9.17) is 10.9 Å². The van der Waals surface area contributed by atoms with Crippen molar-refractivity contribution in [1.29, 1.82) is 0 Å². The van der Waals surface area contributed by atoms with Crippen molar-refractivity contribution in [2.75, 3.05) is 0 Å². The molecule has 0 unspecified atom stereocenters. The number of hydrogen-bond donors (Lipinski definition) is 2. The van der Waals surface area contributed by atoms with E-state index in [1.165, 1.54) is 11.1 Å². The molecule has 0 spiro atoms. The first-order chi connectivity index (χ1) is 10.2. The van der Waals surface area contributed by atoms with Gasteiger partial charge in [0.2, 0.25) is 0 Å². The molecule has 0 bridgehead atoms. The van der Waals surface area contributed by atoms with Crippen molar-refractivity contribution in [1.82, 2.24) is 4.57 Å². The molecule has 106 valence electrons. The molecule has 3 aromatic rings. The molecule has 0 saturated carbocycles. The molecular formula is C17H17N3O. The van der Waals surface area contributed by atoms with Crippen LogP contribution in [0.25, 0.3) is 10.9 Å². The SMILES string of the molecule is Cc1ccc(Cn2ccc3cc(/C(N)=N/O)ccc32)cc1. The van der Waals surface area contributed by atoms with Crippen LogP contribution in [0.5, 0.6) is 0 Å². The van der Waals surface area contributed by atoms with E-state index in [1.807, 2.05) is 24.3 Å². The summed E-state index contributed by atoms with van der Waals surface area (Å²) in [5.74, 6) is 0.128. The normalized spacial score (nSPS) is 12.0. The summed E-state index contributed by atoms with van der Waals surface area (Å²) >= 11 is 0. The number of aryl methyl sites for hydroxylation is 1. The van der Waals surface area contributed by atoms with Crippen LogP contribution in [0.2, 0.25) is 0 Å². The third kappa shape index (κ3) is 2.60. The van der Waals surface area contributed by atoms with Crippen molar-refractivity contribution >= 4 is 16.7 Å². The molecule has 0 fully saturated rings. The lowest BCUT2D eigenvalue weighted by molar-refractivity contribution is 0.318. The minimum absolute atomic E-state index is 0.128. The van der Waals surface area contributed by atoms with E-state index in [9.17, 15) is 0 Å². The smallest absolute Gasteiger partial charge is 0.170 e. The van der Waals surface area contributed by atoms with Crippen molar-refractivity contribution in [3.05, 3.63) is 71.4 Å². The second-order valence-corrected chi connectivity index (χ2v) is 5.19. The molecule has 3 N–H and O–H groups in total. The van der Waals surface area contributed by atoms with Gasteiger partial charge in [-0.3, -0.25) is 0 Å². The van der Waals surface area contributed by atoms with Gasteiger partial charge in [0.15, 0.2) is 5.84 Å². The molecule has 0 radical (unpaired) electrons.